The molecule has 0 unspecified atom stereocenters. The van der Waals surface area contributed by atoms with E-state index in [0.717, 1.165) is 11.5 Å². The predicted octanol–water partition coefficient (Wildman–Crippen LogP) is -5.25. The second-order valence-corrected chi connectivity index (χ2v) is 9.36. The molecular formula is C7H18Na2O7P2S. The Balaban J connectivity index is -0.000000361. The summed E-state index contributed by atoms with van der Waals surface area (Å²) in [6, 6.07) is 0. The summed E-state index contributed by atoms with van der Waals surface area (Å²) in [7, 11) is -10.6. The van der Waals surface area contributed by atoms with Gasteiger partial charge < -0.3 is 27.5 Å². The van der Waals surface area contributed by atoms with Gasteiger partial charge in [-0.1, -0.05) is 0 Å². The molecule has 0 aromatic heterocycles. The molecule has 0 aromatic rings. The summed E-state index contributed by atoms with van der Waals surface area (Å²) < 4.78 is 22.2. The van der Waals surface area contributed by atoms with Crippen LogP contribution in [0.2, 0.25) is 0 Å². The molecule has 0 radical (unpaired) electrons. The van der Waals surface area contributed by atoms with Gasteiger partial charge in [0.2, 0.25) is 0 Å². The summed E-state index contributed by atoms with van der Waals surface area (Å²) in [6.45, 7) is 0. The van der Waals surface area contributed by atoms with E-state index in [0.29, 0.717) is 12.8 Å². The van der Waals surface area contributed by atoms with Gasteiger partial charge in [0.1, 0.15) is 0 Å². The van der Waals surface area contributed by atoms with Gasteiger partial charge in [0.05, 0.1) is 0 Å². The van der Waals surface area contributed by atoms with E-state index < -0.39 is 26.7 Å². The normalized spacial score (nSPS) is 18.4. The zero-order chi connectivity index (χ0) is 13.3. The molecule has 0 saturated carbocycles. The molecular weight excluding hydrogens is 336 g/mol. The Labute approximate surface area is 163 Å². The number of hydrogen-bond acceptors (Lipinski definition) is 4. The van der Waals surface area contributed by atoms with Gasteiger partial charge in [-0.15, -0.1) is 0 Å². The van der Waals surface area contributed by atoms with Crippen molar-refractivity contribution in [1.82, 2.24) is 0 Å². The minimum absolute atomic E-state index is 0. The Morgan fingerprint density at radius 3 is 1.74 bits per heavy atom. The number of rotatable bonds is 4. The number of aliphatic hydroxyl groups is 1. The molecule has 1 aliphatic rings. The van der Waals surface area contributed by atoms with Crippen LogP contribution in [-0.4, -0.2) is 41.3 Å². The average Bonchev–Trinajstić information content (AvgIpc) is 2.15. The van der Waals surface area contributed by atoms with Crippen LogP contribution in [0.1, 0.15) is 22.1 Å². The molecule has 12 heteroatoms. The smallest absolute Gasteiger partial charge is 1.00 e. The van der Waals surface area contributed by atoms with Crippen LogP contribution in [0.3, 0.4) is 0 Å². The predicted molar refractivity (Wildman–Crippen MR) is 65.9 cm³/mol. The van der Waals surface area contributed by atoms with Crippen LogP contribution in [0.25, 0.3) is 0 Å². The fraction of sp³-hybridized carbons (Fsp3) is 1.00. The first-order valence-electron chi connectivity index (χ1n) is 4.99. The maximum atomic E-state index is 11.1. The Morgan fingerprint density at radius 2 is 1.42 bits per heavy atom. The molecule has 0 bridgehead atoms. The van der Waals surface area contributed by atoms with Crippen LogP contribution in [0, 0.1) is 5.92 Å². The molecule has 0 spiro atoms. The number of hydrogen-bond donors (Lipinski definition) is 5. The maximum absolute atomic E-state index is 11.1. The second kappa shape index (κ2) is 9.04. The molecule has 0 aliphatic carbocycles. The van der Waals surface area contributed by atoms with Crippen molar-refractivity contribution < 1.29 is 95.8 Å². The Hall–Kier alpha value is 2.61. The summed E-state index contributed by atoms with van der Waals surface area (Å²) in [5.41, 5.74) is 0. The van der Waals surface area contributed by atoms with Gasteiger partial charge >= 0.3 is 74.3 Å². The van der Waals surface area contributed by atoms with Crippen LogP contribution >= 0.6 is 27.0 Å². The van der Waals surface area contributed by atoms with Crippen molar-refractivity contribution in [2.45, 2.75) is 24.3 Å². The minimum atomic E-state index is -5.29. The van der Waals surface area contributed by atoms with E-state index in [1.807, 2.05) is 0 Å². The van der Waals surface area contributed by atoms with Gasteiger partial charge in [-0.05, 0) is 30.3 Å². The van der Waals surface area contributed by atoms with Crippen LogP contribution in [0.4, 0.5) is 0 Å². The summed E-state index contributed by atoms with van der Waals surface area (Å²) in [5.74, 6) is 1.26. The Kier molecular flexibility index (Phi) is 11.4. The molecule has 106 valence electrons. The first kappa shape index (κ1) is 23.9. The minimum Gasteiger partial charge on any atom is -1.00 e. The first-order chi connectivity index (χ1) is 7.58. The Bertz CT molecular complexity index is 352. The van der Waals surface area contributed by atoms with Crippen molar-refractivity contribution in [2.24, 2.45) is 5.92 Å². The van der Waals surface area contributed by atoms with Crippen molar-refractivity contribution >= 4 is 27.0 Å². The standard InChI is InChI=1S/C7H16O7P2S.2Na.2H/c8-7(15(9,10)11,16(12,13)14)5-6-1-3-17-4-2-6;;;;/h6,8H,1-5H2,(H2,9,10,11)(H2,12,13,14);;;;/q;2*+1;2*-1. The van der Waals surface area contributed by atoms with Gasteiger partial charge in [-0.25, -0.2) is 0 Å². The van der Waals surface area contributed by atoms with E-state index in [1.165, 1.54) is 0 Å². The molecule has 1 saturated heterocycles. The van der Waals surface area contributed by atoms with Crippen molar-refractivity contribution in [1.29, 1.82) is 0 Å². The van der Waals surface area contributed by atoms with E-state index in [-0.39, 0.29) is 67.9 Å². The maximum Gasteiger partial charge on any atom is 1.00 e. The summed E-state index contributed by atoms with van der Waals surface area (Å²) in [6.07, 6.45) is 0.613. The van der Waals surface area contributed by atoms with Gasteiger partial charge in [0, 0.05) is 6.42 Å². The third-order valence-corrected chi connectivity index (χ3v) is 7.68. The average molecular weight is 354 g/mol. The van der Waals surface area contributed by atoms with E-state index in [2.05, 4.69) is 0 Å². The van der Waals surface area contributed by atoms with E-state index >= 15 is 0 Å². The van der Waals surface area contributed by atoms with Crippen LogP contribution in [0.15, 0.2) is 0 Å². The summed E-state index contributed by atoms with van der Waals surface area (Å²) in [4.78, 5) is 35.9. The second-order valence-electron chi connectivity index (χ2n) is 4.12. The molecule has 5 N–H and O–H groups in total. The van der Waals surface area contributed by atoms with Crippen LogP contribution < -0.4 is 59.1 Å². The van der Waals surface area contributed by atoms with Crippen molar-refractivity contribution in [2.75, 3.05) is 11.5 Å². The van der Waals surface area contributed by atoms with E-state index in [4.69, 9.17) is 19.6 Å². The SMILES string of the molecule is O=P(O)(O)C(O)(CC1CCSCC1)P(=O)(O)O.[H-].[H-].[Na+].[Na+]. The molecule has 1 fully saturated rings. The van der Waals surface area contributed by atoms with Gasteiger partial charge in [-0.2, -0.15) is 11.8 Å². The van der Waals surface area contributed by atoms with Gasteiger partial charge in [-0.3, -0.25) is 9.13 Å². The molecule has 1 aliphatic heterocycles. The van der Waals surface area contributed by atoms with Gasteiger partial charge in [0.15, 0.2) is 0 Å². The molecule has 0 atom stereocenters. The zero-order valence-corrected chi connectivity index (χ0v) is 17.6. The quantitative estimate of drug-likeness (QED) is 0.250. The molecule has 19 heavy (non-hydrogen) atoms. The van der Waals surface area contributed by atoms with Crippen molar-refractivity contribution in [3.05, 3.63) is 0 Å². The summed E-state index contributed by atoms with van der Waals surface area (Å²) in [5, 5.41) is 6.46. The van der Waals surface area contributed by atoms with Crippen LogP contribution in [-0.2, 0) is 9.13 Å². The fourth-order valence-electron chi connectivity index (χ4n) is 1.75. The summed E-state index contributed by atoms with van der Waals surface area (Å²) >= 11 is 1.67. The van der Waals surface area contributed by atoms with Crippen LogP contribution in [0.5, 0.6) is 0 Å². The Morgan fingerprint density at radius 1 is 1.05 bits per heavy atom. The monoisotopic (exact) mass is 354 g/mol. The van der Waals surface area contributed by atoms with Gasteiger partial charge in [0.25, 0.3) is 5.08 Å². The first-order valence-corrected chi connectivity index (χ1v) is 9.37. The molecule has 1 heterocycles. The molecule has 0 amide bonds. The zero-order valence-electron chi connectivity index (χ0n) is 13.0. The van der Waals surface area contributed by atoms with Crippen molar-refractivity contribution in [3.63, 3.8) is 0 Å². The number of thioether (sulfide) groups is 1. The molecule has 7 nitrogen and oxygen atoms in total. The largest absolute Gasteiger partial charge is 1.00 e. The third kappa shape index (κ3) is 6.32. The van der Waals surface area contributed by atoms with E-state index in [1.54, 1.807) is 11.8 Å². The topological polar surface area (TPSA) is 135 Å². The molecule has 0 aromatic carbocycles. The van der Waals surface area contributed by atoms with Crippen molar-refractivity contribution in [3.8, 4) is 0 Å². The van der Waals surface area contributed by atoms with E-state index in [9.17, 15) is 14.2 Å². The molecule has 1 rings (SSSR count). The fourth-order valence-corrected chi connectivity index (χ4v) is 5.30. The third-order valence-electron chi connectivity index (χ3n) is 2.84.